The van der Waals surface area contributed by atoms with Gasteiger partial charge < -0.3 is 15.0 Å². The Kier molecular flexibility index (Phi) is 6.56. The Morgan fingerprint density at radius 3 is 2.37 bits per heavy atom. The van der Waals surface area contributed by atoms with Crippen molar-refractivity contribution in [3.63, 3.8) is 0 Å². The summed E-state index contributed by atoms with van der Waals surface area (Å²) >= 11 is 0. The number of nitrogens with one attached hydrogen (secondary N) is 1. The quantitative estimate of drug-likeness (QED) is 0.539. The van der Waals surface area contributed by atoms with Gasteiger partial charge in [0.1, 0.15) is 11.3 Å². The number of nitrogens with zero attached hydrogens (tertiary/aromatic N) is 1. The molecule has 3 aromatic carbocycles. The molecule has 1 N–H and O–H groups in total. The monoisotopic (exact) mass is 482 g/mol. The average molecular weight is 483 g/mol. The molecule has 0 bridgehead atoms. The normalized spacial score (nSPS) is 17.6. The summed E-state index contributed by atoms with van der Waals surface area (Å²) in [5.41, 5.74) is 0.480. The van der Waals surface area contributed by atoms with Gasteiger partial charge in [0.25, 0.3) is 5.91 Å². The lowest BCUT2D eigenvalue weighted by Gasteiger charge is -2.44. The molecule has 1 atom stereocenters. The van der Waals surface area contributed by atoms with Crippen molar-refractivity contribution < 1.29 is 27.5 Å². The number of benzene rings is 3. The third kappa shape index (κ3) is 4.87. The molecule has 35 heavy (non-hydrogen) atoms. The highest BCUT2D eigenvalue weighted by molar-refractivity contribution is 6.02. The Balaban J connectivity index is 1.64. The molecule has 1 aliphatic heterocycles. The first kappa shape index (κ1) is 24.3. The summed E-state index contributed by atoms with van der Waals surface area (Å²) in [5, 5.41) is 2.92. The number of amides is 2. The fourth-order valence-corrected chi connectivity index (χ4v) is 4.36. The summed E-state index contributed by atoms with van der Waals surface area (Å²) in [7, 11) is 1.55. The molecule has 8 heteroatoms. The number of rotatable bonds is 6. The van der Waals surface area contributed by atoms with E-state index in [0.29, 0.717) is 16.9 Å². The molecule has 0 spiro atoms. The second kappa shape index (κ2) is 9.44. The number of methoxy groups -OCH3 is 1. The third-order valence-corrected chi connectivity index (χ3v) is 6.37. The fraction of sp³-hybridized carbons (Fsp3) is 0.259. The highest BCUT2D eigenvalue weighted by Gasteiger charge is 2.46. The Morgan fingerprint density at radius 1 is 1.03 bits per heavy atom. The van der Waals surface area contributed by atoms with Crippen molar-refractivity contribution >= 4 is 11.8 Å². The first-order valence-electron chi connectivity index (χ1n) is 11.1. The number of carbonyl (C=O) groups is 2. The van der Waals surface area contributed by atoms with Crippen LogP contribution in [0.5, 0.6) is 5.75 Å². The van der Waals surface area contributed by atoms with Crippen molar-refractivity contribution in [3.8, 4) is 5.75 Å². The Morgan fingerprint density at radius 2 is 1.69 bits per heavy atom. The van der Waals surface area contributed by atoms with Crippen LogP contribution in [-0.4, -0.2) is 29.4 Å². The molecule has 1 heterocycles. The molecule has 3 aromatic rings. The van der Waals surface area contributed by atoms with Gasteiger partial charge in [0.05, 0.1) is 12.7 Å². The molecule has 0 aliphatic carbocycles. The summed E-state index contributed by atoms with van der Waals surface area (Å²) in [6, 6.07) is 19.0. The van der Waals surface area contributed by atoms with E-state index in [9.17, 15) is 22.8 Å². The lowest BCUT2D eigenvalue weighted by molar-refractivity contribution is -0.137. The van der Waals surface area contributed by atoms with Crippen LogP contribution < -0.4 is 10.1 Å². The van der Waals surface area contributed by atoms with Crippen LogP contribution in [-0.2, 0) is 30.5 Å². The zero-order chi connectivity index (χ0) is 25.2. The Bertz CT molecular complexity index is 1240. The maximum Gasteiger partial charge on any atom is 0.416 e. The van der Waals surface area contributed by atoms with Crippen LogP contribution in [0.25, 0.3) is 0 Å². The first-order chi connectivity index (χ1) is 16.6. The van der Waals surface area contributed by atoms with Crippen LogP contribution in [0, 0.1) is 0 Å². The number of alkyl halides is 3. The maximum atomic E-state index is 13.5. The highest BCUT2D eigenvalue weighted by Crippen LogP contribution is 2.34. The first-order valence-corrected chi connectivity index (χ1v) is 11.1. The van der Waals surface area contributed by atoms with Gasteiger partial charge in [-0.05, 0) is 42.3 Å². The molecular weight excluding hydrogens is 457 g/mol. The largest absolute Gasteiger partial charge is 0.496 e. The minimum absolute atomic E-state index is 0.0100. The average Bonchev–Trinajstić information content (AvgIpc) is 2.85. The van der Waals surface area contributed by atoms with E-state index in [2.05, 4.69) is 5.32 Å². The number of halogens is 3. The van der Waals surface area contributed by atoms with E-state index in [0.717, 1.165) is 23.3 Å². The topological polar surface area (TPSA) is 58.6 Å². The molecule has 182 valence electrons. The molecule has 0 saturated carbocycles. The summed E-state index contributed by atoms with van der Waals surface area (Å²) in [5.74, 6) is -0.0792. The summed E-state index contributed by atoms with van der Waals surface area (Å²) in [4.78, 5) is 28.5. The number of ether oxygens (including phenoxy) is 1. The smallest absolute Gasteiger partial charge is 0.416 e. The van der Waals surface area contributed by atoms with Crippen molar-refractivity contribution in [2.75, 3.05) is 7.11 Å². The van der Waals surface area contributed by atoms with E-state index in [4.69, 9.17) is 4.74 Å². The lowest BCUT2D eigenvalue weighted by atomic mass is 9.82. The van der Waals surface area contributed by atoms with Crippen LogP contribution in [0.3, 0.4) is 0 Å². The molecule has 1 aliphatic rings. The SMILES string of the molecule is COc1ccccc1CNC(=O)[C@]1(C)Cc2ccccc2C(=O)N1Cc1ccc(C(F)(F)F)cc1. The zero-order valence-electron chi connectivity index (χ0n) is 19.4. The van der Waals surface area contributed by atoms with Crippen molar-refractivity contribution in [2.45, 2.75) is 38.1 Å². The Labute approximate surface area is 201 Å². The molecule has 0 aromatic heterocycles. The number of fused-ring (bicyclic) bond motifs is 1. The zero-order valence-corrected chi connectivity index (χ0v) is 19.4. The third-order valence-electron chi connectivity index (χ3n) is 6.37. The van der Waals surface area contributed by atoms with Gasteiger partial charge >= 0.3 is 6.18 Å². The summed E-state index contributed by atoms with van der Waals surface area (Å²) in [6.07, 6.45) is -4.18. The van der Waals surface area contributed by atoms with Gasteiger partial charge in [-0.25, -0.2) is 0 Å². The predicted octanol–water partition coefficient (Wildman–Crippen LogP) is 4.99. The number of carbonyl (C=O) groups excluding carboxylic acids is 2. The second-order valence-electron chi connectivity index (χ2n) is 8.69. The van der Waals surface area contributed by atoms with E-state index in [1.807, 2.05) is 30.3 Å². The van der Waals surface area contributed by atoms with E-state index in [1.165, 1.54) is 17.0 Å². The molecule has 2 amide bonds. The van der Waals surface area contributed by atoms with Crippen molar-refractivity contribution in [1.29, 1.82) is 0 Å². The van der Waals surface area contributed by atoms with Gasteiger partial charge in [-0.15, -0.1) is 0 Å². The summed E-state index contributed by atoms with van der Waals surface area (Å²) < 4.78 is 44.3. The van der Waals surface area contributed by atoms with Crippen molar-refractivity contribution in [2.24, 2.45) is 0 Å². The van der Waals surface area contributed by atoms with E-state index < -0.39 is 17.3 Å². The number of hydrogen-bond acceptors (Lipinski definition) is 3. The van der Waals surface area contributed by atoms with E-state index >= 15 is 0 Å². The molecule has 0 unspecified atom stereocenters. The molecule has 5 nitrogen and oxygen atoms in total. The predicted molar refractivity (Wildman–Crippen MR) is 125 cm³/mol. The fourth-order valence-electron chi connectivity index (χ4n) is 4.36. The molecule has 4 rings (SSSR count). The molecular formula is C27H25F3N2O3. The molecule has 0 radical (unpaired) electrons. The van der Waals surface area contributed by atoms with Crippen LogP contribution in [0.15, 0.2) is 72.8 Å². The maximum absolute atomic E-state index is 13.5. The second-order valence-corrected chi connectivity index (χ2v) is 8.69. The Hall–Kier alpha value is -3.81. The van der Waals surface area contributed by atoms with Gasteiger partial charge in [-0.1, -0.05) is 48.5 Å². The minimum atomic E-state index is -4.45. The van der Waals surface area contributed by atoms with Crippen molar-refractivity contribution in [3.05, 3.63) is 101 Å². The summed E-state index contributed by atoms with van der Waals surface area (Å²) in [6.45, 7) is 1.87. The van der Waals surface area contributed by atoms with Crippen LogP contribution in [0.4, 0.5) is 13.2 Å². The standard InChI is InChI=1S/C27H25F3N2O3/c1-26(25(34)31-16-20-8-4-6-10-23(20)35-2)15-19-7-3-5-9-22(19)24(33)32(26)17-18-11-13-21(14-12-18)27(28,29)30/h3-14H,15-17H2,1-2H3,(H,31,34)/t26-/m0/s1. The van der Waals surface area contributed by atoms with Gasteiger partial charge in [0, 0.05) is 30.6 Å². The number of para-hydroxylation sites is 1. The van der Waals surface area contributed by atoms with E-state index in [-0.39, 0.29) is 31.3 Å². The van der Waals surface area contributed by atoms with E-state index in [1.54, 1.807) is 32.2 Å². The lowest BCUT2D eigenvalue weighted by Crippen LogP contribution is -2.62. The van der Waals surface area contributed by atoms with Crippen molar-refractivity contribution in [1.82, 2.24) is 10.2 Å². The van der Waals surface area contributed by atoms with Gasteiger partial charge in [0.15, 0.2) is 0 Å². The van der Waals surface area contributed by atoms with Gasteiger partial charge in [-0.2, -0.15) is 13.2 Å². The van der Waals surface area contributed by atoms with Crippen LogP contribution >= 0.6 is 0 Å². The highest BCUT2D eigenvalue weighted by atomic mass is 19.4. The van der Waals surface area contributed by atoms with Gasteiger partial charge in [0.2, 0.25) is 5.91 Å². The van der Waals surface area contributed by atoms with Gasteiger partial charge in [-0.3, -0.25) is 9.59 Å². The minimum Gasteiger partial charge on any atom is -0.496 e. The molecule has 0 fully saturated rings. The van der Waals surface area contributed by atoms with Crippen LogP contribution in [0.1, 0.15) is 39.5 Å². The number of hydrogen-bond donors (Lipinski definition) is 1. The van der Waals surface area contributed by atoms with Crippen LogP contribution in [0.2, 0.25) is 0 Å². The molecule has 0 saturated heterocycles.